The Balaban J connectivity index is 2.10. The van der Waals surface area contributed by atoms with E-state index >= 15 is 0 Å². The van der Waals surface area contributed by atoms with Crippen molar-refractivity contribution in [2.24, 2.45) is 0 Å². The molecule has 0 saturated heterocycles. The summed E-state index contributed by atoms with van der Waals surface area (Å²) < 4.78 is 5.23. The number of ether oxygens (including phenoxy) is 1. The third-order valence-electron chi connectivity index (χ3n) is 3.15. The number of benzene rings is 1. The maximum Gasteiger partial charge on any atom is 0.408 e. The maximum absolute atomic E-state index is 12.7. The fourth-order valence-electron chi connectivity index (χ4n) is 2.20. The molecular weight excluding hydrogens is 280 g/mol. The molecule has 1 aliphatic rings. The van der Waals surface area contributed by atoms with E-state index in [2.05, 4.69) is 5.32 Å². The minimum absolute atomic E-state index is 0.137. The van der Waals surface area contributed by atoms with Crippen molar-refractivity contribution in [3.05, 3.63) is 42.5 Å². The molecule has 1 N–H and O–H groups in total. The summed E-state index contributed by atoms with van der Waals surface area (Å²) >= 11 is 0. The quantitative estimate of drug-likeness (QED) is 0.855. The van der Waals surface area contributed by atoms with Gasteiger partial charge in [0.2, 0.25) is 5.91 Å². The minimum atomic E-state index is -0.617. The molecule has 2 rings (SSSR count). The summed E-state index contributed by atoms with van der Waals surface area (Å²) in [5, 5.41) is 2.66. The molecule has 0 saturated carbocycles. The first-order chi connectivity index (χ1) is 10.4. The van der Waals surface area contributed by atoms with E-state index in [9.17, 15) is 9.59 Å². The summed E-state index contributed by atoms with van der Waals surface area (Å²) in [5.41, 5.74) is 0.224. The lowest BCUT2D eigenvalue weighted by Gasteiger charge is -2.26. The lowest BCUT2D eigenvalue weighted by molar-refractivity contribution is -0.120. The SMILES string of the molecule is CC(C)(C)OC(=O)N[C@H]1CC=CCN(c2ccccc2)C1=O. The van der Waals surface area contributed by atoms with Crippen LogP contribution in [0, 0.1) is 0 Å². The molecule has 1 atom stereocenters. The molecule has 0 spiro atoms. The van der Waals surface area contributed by atoms with Gasteiger partial charge in [0.1, 0.15) is 11.6 Å². The van der Waals surface area contributed by atoms with E-state index in [4.69, 9.17) is 4.74 Å². The van der Waals surface area contributed by atoms with Crippen LogP contribution >= 0.6 is 0 Å². The first kappa shape index (κ1) is 16.1. The van der Waals surface area contributed by atoms with E-state index in [0.717, 1.165) is 5.69 Å². The van der Waals surface area contributed by atoms with Gasteiger partial charge in [0, 0.05) is 12.2 Å². The van der Waals surface area contributed by atoms with Crippen molar-refractivity contribution >= 4 is 17.7 Å². The third kappa shape index (κ3) is 4.35. The van der Waals surface area contributed by atoms with E-state index in [0.29, 0.717) is 13.0 Å². The first-order valence-electron chi connectivity index (χ1n) is 7.38. The smallest absolute Gasteiger partial charge is 0.408 e. The zero-order valence-electron chi connectivity index (χ0n) is 13.2. The van der Waals surface area contributed by atoms with Crippen LogP contribution in [0.4, 0.5) is 10.5 Å². The van der Waals surface area contributed by atoms with Gasteiger partial charge in [-0.15, -0.1) is 0 Å². The van der Waals surface area contributed by atoms with Crippen LogP contribution in [0.5, 0.6) is 0 Å². The Morgan fingerprint density at radius 2 is 1.91 bits per heavy atom. The lowest BCUT2D eigenvalue weighted by Crippen LogP contribution is -2.49. The molecule has 0 radical (unpaired) electrons. The average Bonchev–Trinajstić information content (AvgIpc) is 2.61. The molecule has 1 heterocycles. The highest BCUT2D eigenvalue weighted by Crippen LogP contribution is 2.18. The van der Waals surface area contributed by atoms with Gasteiger partial charge >= 0.3 is 6.09 Å². The lowest BCUT2D eigenvalue weighted by atomic mass is 10.2. The van der Waals surface area contributed by atoms with Gasteiger partial charge in [-0.3, -0.25) is 4.79 Å². The number of hydrogen-bond acceptors (Lipinski definition) is 3. The molecule has 5 nitrogen and oxygen atoms in total. The van der Waals surface area contributed by atoms with Crippen LogP contribution in [0.2, 0.25) is 0 Å². The number of nitrogens with one attached hydrogen (secondary N) is 1. The number of rotatable bonds is 2. The highest BCUT2D eigenvalue weighted by atomic mass is 16.6. The standard InChI is InChI=1S/C17H22N2O3/c1-17(2,3)22-16(21)18-14-11-7-8-12-19(15(14)20)13-9-5-4-6-10-13/h4-10,14H,11-12H2,1-3H3,(H,18,21)/t14-/m0/s1. The van der Waals surface area contributed by atoms with Gasteiger partial charge in [0.05, 0.1) is 0 Å². The molecular formula is C17H22N2O3. The van der Waals surface area contributed by atoms with Gasteiger partial charge in [0.15, 0.2) is 0 Å². The van der Waals surface area contributed by atoms with E-state index in [1.165, 1.54) is 0 Å². The van der Waals surface area contributed by atoms with Crippen molar-refractivity contribution in [1.29, 1.82) is 0 Å². The van der Waals surface area contributed by atoms with Crippen LogP contribution in [0.25, 0.3) is 0 Å². The summed E-state index contributed by atoms with van der Waals surface area (Å²) in [5.74, 6) is -0.137. The monoisotopic (exact) mass is 302 g/mol. The van der Waals surface area contributed by atoms with Crippen LogP contribution < -0.4 is 10.2 Å². The average molecular weight is 302 g/mol. The van der Waals surface area contributed by atoms with Gasteiger partial charge < -0.3 is 15.0 Å². The van der Waals surface area contributed by atoms with Crippen molar-refractivity contribution in [3.8, 4) is 0 Å². The minimum Gasteiger partial charge on any atom is -0.444 e. The van der Waals surface area contributed by atoms with Crippen LogP contribution in [-0.4, -0.2) is 30.2 Å². The van der Waals surface area contributed by atoms with Crippen molar-refractivity contribution in [1.82, 2.24) is 5.32 Å². The molecule has 5 heteroatoms. The van der Waals surface area contributed by atoms with Gasteiger partial charge in [-0.2, -0.15) is 0 Å². The topological polar surface area (TPSA) is 58.6 Å². The molecule has 1 aliphatic heterocycles. The number of para-hydroxylation sites is 1. The van der Waals surface area contributed by atoms with Crippen molar-refractivity contribution in [3.63, 3.8) is 0 Å². The van der Waals surface area contributed by atoms with Crippen molar-refractivity contribution in [2.75, 3.05) is 11.4 Å². The highest BCUT2D eigenvalue weighted by Gasteiger charge is 2.29. The molecule has 0 fully saturated rings. The van der Waals surface area contributed by atoms with Crippen LogP contribution in [0.15, 0.2) is 42.5 Å². The van der Waals surface area contributed by atoms with Gasteiger partial charge in [0.25, 0.3) is 0 Å². The second-order valence-corrected chi connectivity index (χ2v) is 6.19. The third-order valence-corrected chi connectivity index (χ3v) is 3.15. The predicted molar refractivity (Wildman–Crippen MR) is 85.7 cm³/mol. The second-order valence-electron chi connectivity index (χ2n) is 6.19. The molecule has 1 aromatic carbocycles. The largest absolute Gasteiger partial charge is 0.444 e. The Bertz CT molecular complexity index is 561. The van der Waals surface area contributed by atoms with Crippen LogP contribution in [0.3, 0.4) is 0 Å². The van der Waals surface area contributed by atoms with Crippen LogP contribution in [0.1, 0.15) is 27.2 Å². The summed E-state index contributed by atoms with van der Waals surface area (Å²) in [6.45, 7) is 5.86. The zero-order valence-corrected chi connectivity index (χ0v) is 13.2. The fourth-order valence-corrected chi connectivity index (χ4v) is 2.20. The molecule has 0 unspecified atom stereocenters. The van der Waals surface area contributed by atoms with Gasteiger partial charge in [-0.1, -0.05) is 30.4 Å². The van der Waals surface area contributed by atoms with E-state index in [1.54, 1.807) is 25.7 Å². The highest BCUT2D eigenvalue weighted by molar-refractivity contribution is 5.99. The van der Waals surface area contributed by atoms with Gasteiger partial charge in [-0.05, 0) is 39.3 Å². The van der Waals surface area contributed by atoms with Crippen LogP contribution in [-0.2, 0) is 9.53 Å². The normalized spacial score (nSPS) is 18.8. The molecule has 1 aromatic rings. The molecule has 0 aliphatic carbocycles. The molecule has 2 amide bonds. The molecule has 0 bridgehead atoms. The number of amides is 2. The van der Waals surface area contributed by atoms with Gasteiger partial charge in [-0.25, -0.2) is 4.79 Å². The Kier molecular flexibility index (Phi) is 4.85. The van der Waals surface area contributed by atoms with Crippen molar-refractivity contribution in [2.45, 2.75) is 38.8 Å². The Morgan fingerprint density at radius 3 is 2.55 bits per heavy atom. The predicted octanol–water partition coefficient (Wildman–Crippen LogP) is 2.87. The number of hydrogen-bond donors (Lipinski definition) is 1. The number of carbonyl (C=O) groups excluding carboxylic acids is 2. The van der Waals surface area contributed by atoms with E-state index in [-0.39, 0.29) is 5.91 Å². The summed E-state index contributed by atoms with van der Waals surface area (Å²) in [6.07, 6.45) is 3.72. The van der Waals surface area contributed by atoms with Crippen molar-refractivity contribution < 1.29 is 14.3 Å². The molecule has 22 heavy (non-hydrogen) atoms. The number of anilines is 1. The fraction of sp³-hybridized carbons (Fsp3) is 0.412. The Labute approximate surface area is 130 Å². The summed E-state index contributed by atoms with van der Waals surface area (Å²) in [6, 6.07) is 8.80. The zero-order chi connectivity index (χ0) is 16.2. The molecule has 118 valence electrons. The number of nitrogens with zero attached hydrogens (tertiary/aromatic N) is 1. The summed E-state index contributed by atoms with van der Waals surface area (Å²) in [4.78, 5) is 26.2. The maximum atomic E-state index is 12.7. The second kappa shape index (κ2) is 6.64. The van der Waals surface area contributed by atoms with E-state index < -0.39 is 17.7 Å². The summed E-state index contributed by atoms with van der Waals surface area (Å²) in [7, 11) is 0. The molecule has 0 aromatic heterocycles. The number of carbonyl (C=O) groups is 2. The van der Waals surface area contributed by atoms with E-state index in [1.807, 2.05) is 42.5 Å². The number of alkyl carbamates (subject to hydrolysis) is 1. The first-order valence-corrected chi connectivity index (χ1v) is 7.38. The Morgan fingerprint density at radius 1 is 1.23 bits per heavy atom. The Hall–Kier alpha value is -2.30.